The lowest BCUT2D eigenvalue weighted by Crippen LogP contribution is -2.09. The van der Waals surface area contributed by atoms with E-state index in [1.54, 1.807) is 0 Å². The van der Waals surface area contributed by atoms with Gasteiger partial charge in [-0.2, -0.15) is 13.2 Å². The minimum atomic E-state index is -4.59. The molecule has 0 bridgehead atoms. The molecule has 1 amide bonds. The Morgan fingerprint density at radius 1 is 1.28 bits per heavy atom. The molecule has 1 rings (SSSR count). The van der Waals surface area contributed by atoms with Crippen LogP contribution in [0, 0.1) is 0 Å². The highest BCUT2D eigenvalue weighted by Gasteiger charge is 2.31. The van der Waals surface area contributed by atoms with Crippen LogP contribution in [0.15, 0.2) is 24.3 Å². The third kappa shape index (κ3) is 3.34. The summed E-state index contributed by atoms with van der Waals surface area (Å²) in [6.07, 6.45) is -2.87. The van der Waals surface area contributed by atoms with E-state index in [0.29, 0.717) is 12.1 Å². The van der Waals surface area contributed by atoms with Gasteiger partial charge in [-0.1, -0.05) is 0 Å². The monoisotopic (exact) mass is 259 g/mol. The molecule has 18 heavy (non-hydrogen) atoms. The SMILES string of the molecule is NC(=O)C=Cc1cc(C(F)(F)F)ccc1C(=O)O. The molecule has 0 aliphatic heterocycles. The van der Waals surface area contributed by atoms with E-state index in [1.165, 1.54) is 0 Å². The lowest BCUT2D eigenvalue weighted by Gasteiger charge is -2.09. The highest BCUT2D eigenvalue weighted by Crippen LogP contribution is 2.30. The summed E-state index contributed by atoms with van der Waals surface area (Å²) in [5.74, 6) is -2.28. The van der Waals surface area contributed by atoms with Crippen molar-refractivity contribution in [3.05, 3.63) is 41.0 Å². The minimum Gasteiger partial charge on any atom is -0.478 e. The van der Waals surface area contributed by atoms with Gasteiger partial charge in [-0.3, -0.25) is 4.79 Å². The molecule has 1 aromatic carbocycles. The fourth-order valence-electron chi connectivity index (χ4n) is 1.24. The number of halogens is 3. The van der Waals surface area contributed by atoms with Crippen LogP contribution >= 0.6 is 0 Å². The van der Waals surface area contributed by atoms with Crippen LogP contribution in [0.3, 0.4) is 0 Å². The van der Waals surface area contributed by atoms with Gasteiger partial charge in [-0.15, -0.1) is 0 Å². The van der Waals surface area contributed by atoms with Crippen molar-refractivity contribution in [1.29, 1.82) is 0 Å². The van der Waals surface area contributed by atoms with E-state index in [0.717, 1.165) is 18.2 Å². The van der Waals surface area contributed by atoms with Crippen molar-refractivity contribution in [1.82, 2.24) is 0 Å². The Hall–Kier alpha value is -2.31. The largest absolute Gasteiger partial charge is 0.478 e. The van der Waals surface area contributed by atoms with Gasteiger partial charge in [0, 0.05) is 6.08 Å². The zero-order valence-electron chi connectivity index (χ0n) is 8.86. The van der Waals surface area contributed by atoms with E-state index in [2.05, 4.69) is 0 Å². The predicted molar refractivity (Wildman–Crippen MR) is 56.6 cm³/mol. The van der Waals surface area contributed by atoms with Crippen LogP contribution in [0.5, 0.6) is 0 Å². The van der Waals surface area contributed by atoms with Gasteiger partial charge in [0.1, 0.15) is 0 Å². The Labute approximate surface area is 99.5 Å². The molecule has 0 saturated carbocycles. The molecule has 0 aliphatic rings. The molecule has 0 aliphatic carbocycles. The number of carbonyl (C=O) groups excluding carboxylic acids is 1. The Kier molecular flexibility index (Phi) is 3.75. The van der Waals surface area contributed by atoms with Crippen LogP contribution in [-0.4, -0.2) is 17.0 Å². The van der Waals surface area contributed by atoms with Gasteiger partial charge in [0.25, 0.3) is 0 Å². The number of rotatable bonds is 3. The van der Waals surface area contributed by atoms with Crippen molar-refractivity contribution < 1.29 is 27.9 Å². The third-order valence-electron chi connectivity index (χ3n) is 2.04. The van der Waals surface area contributed by atoms with Crippen molar-refractivity contribution in [2.75, 3.05) is 0 Å². The molecule has 0 unspecified atom stereocenters. The molecule has 0 fully saturated rings. The normalized spacial score (nSPS) is 11.7. The molecule has 4 nitrogen and oxygen atoms in total. The maximum atomic E-state index is 12.4. The number of carboxylic acid groups (broad SMARTS) is 1. The van der Waals surface area contributed by atoms with Gasteiger partial charge in [0.05, 0.1) is 11.1 Å². The summed E-state index contributed by atoms with van der Waals surface area (Å²) >= 11 is 0. The molecular weight excluding hydrogens is 251 g/mol. The maximum Gasteiger partial charge on any atom is 0.416 e. The Morgan fingerprint density at radius 3 is 2.33 bits per heavy atom. The van der Waals surface area contributed by atoms with Crippen LogP contribution in [0.4, 0.5) is 13.2 Å². The van der Waals surface area contributed by atoms with Gasteiger partial charge in [-0.05, 0) is 29.8 Å². The first-order valence-corrected chi connectivity index (χ1v) is 4.64. The lowest BCUT2D eigenvalue weighted by molar-refractivity contribution is -0.137. The van der Waals surface area contributed by atoms with E-state index < -0.39 is 23.6 Å². The average molecular weight is 259 g/mol. The van der Waals surface area contributed by atoms with Gasteiger partial charge < -0.3 is 10.8 Å². The number of hydrogen-bond donors (Lipinski definition) is 2. The number of alkyl halides is 3. The van der Waals surface area contributed by atoms with Gasteiger partial charge in [0.2, 0.25) is 5.91 Å². The molecule has 3 N–H and O–H groups in total. The van der Waals surface area contributed by atoms with E-state index in [-0.39, 0.29) is 11.1 Å². The number of carbonyl (C=O) groups is 2. The molecule has 1 aromatic rings. The van der Waals surface area contributed by atoms with Crippen molar-refractivity contribution in [3.8, 4) is 0 Å². The quantitative estimate of drug-likeness (QED) is 0.813. The standard InChI is InChI=1S/C11H8F3NO3/c12-11(13,14)7-2-3-8(10(17)18)6(5-7)1-4-9(15)16/h1-5H,(H2,15,16)(H,17,18). The summed E-state index contributed by atoms with van der Waals surface area (Å²) in [5, 5.41) is 8.79. The number of aromatic carboxylic acids is 1. The van der Waals surface area contributed by atoms with Gasteiger partial charge in [-0.25, -0.2) is 4.79 Å². The maximum absolute atomic E-state index is 12.4. The molecule has 0 spiro atoms. The summed E-state index contributed by atoms with van der Waals surface area (Å²) < 4.78 is 37.3. The van der Waals surface area contributed by atoms with Crippen LogP contribution in [0.2, 0.25) is 0 Å². The summed E-state index contributed by atoms with van der Waals surface area (Å²) in [7, 11) is 0. The van der Waals surface area contributed by atoms with Crippen LogP contribution in [-0.2, 0) is 11.0 Å². The first-order chi connectivity index (χ1) is 8.21. The van der Waals surface area contributed by atoms with Gasteiger partial charge >= 0.3 is 12.1 Å². The zero-order valence-corrected chi connectivity index (χ0v) is 8.86. The van der Waals surface area contributed by atoms with Crippen molar-refractivity contribution in [2.24, 2.45) is 5.73 Å². The van der Waals surface area contributed by atoms with E-state index >= 15 is 0 Å². The second-order valence-electron chi connectivity index (χ2n) is 3.34. The number of nitrogens with two attached hydrogens (primary N) is 1. The highest BCUT2D eigenvalue weighted by molar-refractivity contribution is 5.95. The highest BCUT2D eigenvalue weighted by atomic mass is 19.4. The van der Waals surface area contributed by atoms with Gasteiger partial charge in [0.15, 0.2) is 0 Å². The summed E-state index contributed by atoms with van der Waals surface area (Å²) in [4.78, 5) is 21.3. The first-order valence-electron chi connectivity index (χ1n) is 4.64. The molecule has 0 radical (unpaired) electrons. The van der Waals surface area contributed by atoms with Crippen molar-refractivity contribution >= 4 is 18.0 Å². The van der Waals surface area contributed by atoms with E-state index in [1.807, 2.05) is 0 Å². The summed E-state index contributed by atoms with van der Waals surface area (Å²) in [6, 6.07) is 2.12. The second kappa shape index (κ2) is 4.91. The fraction of sp³-hybridized carbons (Fsp3) is 0.0909. The fourth-order valence-corrected chi connectivity index (χ4v) is 1.24. The topological polar surface area (TPSA) is 80.4 Å². The molecule has 7 heteroatoms. The van der Waals surface area contributed by atoms with E-state index in [9.17, 15) is 22.8 Å². The predicted octanol–water partition coefficient (Wildman–Crippen LogP) is 1.90. The number of primary amides is 1. The minimum absolute atomic E-state index is 0.240. The van der Waals surface area contributed by atoms with Crippen LogP contribution in [0.25, 0.3) is 6.08 Å². The average Bonchev–Trinajstić information content (AvgIpc) is 2.24. The van der Waals surface area contributed by atoms with Crippen molar-refractivity contribution in [3.63, 3.8) is 0 Å². The van der Waals surface area contributed by atoms with Crippen molar-refractivity contribution in [2.45, 2.75) is 6.18 Å². The lowest BCUT2D eigenvalue weighted by atomic mass is 10.0. The Balaban J connectivity index is 3.33. The summed E-state index contributed by atoms with van der Waals surface area (Å²) in [5.41, 5.74) is 3.21. The number of amides is 1. The molecule has 96 valence electrons. The third-order valence-corrected chi connectivity index (χ3v) is 2.04. The smallest absolute Gasteiger partial charge is 0.416 e. The molecule has 0 atom stereocenters. The number of hydrogen-bond acceptors (Lipinski definition) is 2. The second-order valence-corrected chi connectivity index (χ2v) is 3.34. The molecular formula is C11H8F3NO3. The Morgan fingerprint density at radius 2 is 1.89 bits per heavy atom. The Bertz CT molecular complexity index is 521. The van der Waals surface area contributed by atoms with E-state index in [4.69, 9.17) is 10.8 Å². The van der Waals surface area contributed by atoms with Crippen LogP contribution < -0.4 is 5.73 Å². The molecule has 0 heterocycles. The summed E-state index contributed by atoms with van der Waals surface area (Å²) in [6.45, 7) is 0. The molecule has 0 saturated heterocycles. The number of benzene rings is 1. The molecule has 0 aromatic heterocycles. The number of carboxylic acids is 1. The zero-order chi connectivity index (χ0) is 13.9. The van der Waals surface area contributed by atoms with Crippen LogP contribution in [0.1, 0.15) is 21.5 Å². The first kappa shape index (κ1) is 13.8.